The van der Waals surface area contributed by atoms with Crippen LogP contribution in [0.3, 0.4) is 0 Å². The van der Waals surface area contributed by atoms with Gasteiger partial charge in [0.25, 0.3) is 0 Å². The number of halogens is 4. The zero-order valence-corrected chi connectivity index (χ0v) is 19.1. The highest BCUT2D eigenvalue weighted by atomic mass is 35.5. The fourth-order valence-electron chi connectivity index (χ4n) is 3.38. The van der Waals surface area contributed by atoms with Crippen LogP contribution >= 0.6 is 23.4 Å². The van der Waals surface area contributed by atoms with Gasteiger partial charge in [-0.3, -0.25) is 4.79 Å². The second-order valence-electron chi connectivity index (χ2n) is 7.19. The molecule has 7 nitrogen and oxygen atoms in total. The number of nitrogens with zero attached hydrogens (tertiary/aromatic N) is 3. The number of thioether (sulfide) groups is 1. The van der Waals surface area contributed by atoms with Crippen LogP contribution < -0.4 is 15.5 Å². The van der Waals surface area contributed by atoms with Gasteiger partial charge in [0.15, 0.2) is 0 Å². The number of ether oxygens (including phenoxy) is 1. The summed E-state index contributed by atoms with van der Waals surface area (Å²) < 4.78 is 46.8. The van der Waals surface area contributed by atoms with Crippen LogP contribution in [0.15, 0.2) is 47.6 Å². The predicted octanol–water partition coefficient (Wildman–Crippen LogP) is 5.06. The quantitative estimate of drug-likeness (QED) is 0.513. The predicted molar refractivity (Wildman–Crippen MR) is 119 cm³/mol. The minimum Gasteiger partial charge on any atom is -0.494 e. The van der Waals surface area contributed by atoms with E-state index in [0.29, 0.717) is 23.3 Å². The Morgan fingerprint density at radius 1 is 1.24 bits per heavy atom. The summed E-state index contributed by atoms with van der Waals surface area (Å²) in [4.78, 5) is 13.2. The molecule has 4 rings (SSSR count). The zero-order valence-electron chi connectivity index (χ0n) is 17.5. The van der Waals surface area contributed by atoms with E-state index >= 15 is 0 Å². The molecule has 1 aliphatic rings. The molecule has 1 aromatic heterocycles. The average Bonchev–Trinajstić information content (AvgIpc) is 3.14. The van der Waals surface area contributed by atoms with Crippen LogP contribution in [0.25, 0.3) is 0 Å². The van der Waals surface area contributed by atoms with Gasteiger partial charge in [0.1, 0.15) is 16.8 Å². The number of rotatable bonds is 5. The number of hydrogen-bond acceptors (Lipinski definition) is 6. The Balaban J connectivity index is 1.64. The van der Waals surface area contributed by atoms with E-state index in [1.807, 2.05) is 19.1 Å². The normalized spacial score (nSPS) is 17.8. The van der Waals surface area contributed by atoms with Crippen molar-refractivity contribution in [3.63, 3.8) is 0 Å². The van der Waals surface area contributed by atoms with E-state index < -0.39 is 34.0 Å². The fourth-order valence-corrected chi connectivity index (χ4v) is 4.73. The van der Waals surface area contributed by atoms with Gasteiger partial charge in [-0.15, -0.1) is 10.2 Å². The topological polar surface area (TPSA) is 81.1 Å². The summed E-state index contributed by atoms with van der Waals surface area (Å²) in [6, 6.07) is 10.00. The molecule has 0 fully saturated rings. The molecule has 0 saturated carbocycles. The summed E-state index contributed by atoms with van der Waals surface area (Å²) in [5, 5.41) is 9.96. The lowest BCUT2D eigenvalue weighted by Crippen LogP contribution is -2.41. The van der Waals surface area contributed by atoms with Gasteiger partial charge in [-0.1, -0.05) is 35.5 Å². The molecule has 1 aliphatic heterocycles. The van der Waals surface area contributed by atoms with E-state index in [9.17, 15) is 18.0 Å². The lowest BCUT2D eigenvalue weighted by molar-refractivity contribution is -0.137. The van der Waals surface area contributed by atoms with Crippen LogP contribution in [0.5, 0.6) is 5.75 Å². The summed E-state index contributed by atoms with van der Waals surface area (Å²) in [7, 11) is 0. The number of hydrogen-bond donors (Lipinski definition) is 2. The lowest BCUT2D eigenvalue weighted by atomic mass is 10.0. The van der Waals surface area contributed by atoms with Crippen LogP contribution in [-0.2, 0) is 11.0 Å². The number of aromatic nitrogens is 3. The summed E-state index contributed by atoms with van der Waals surface area (Å²) in [5.74, 6) is 0.807. The maximum absolute atomic E-state index is 13.2. The average molecular weight is 498 g/mol. The van der Waals surface area contributed by atoms with Gasteiger partial charge in [0, 0.05) is 5.69 Å². The second-order valence-corrected chi connectivity index (χ2v) is 8.71. The van der Waals surface area contributed by atoms with Gasteiger partial charge in [0.05, 0.1) is 23.2 Å². The standard InChI is InChI=1S/C21H19ClF3N5O2S/c1-3-32-14-7-4-12(5-8-14)17-18(33-20-28-27-11(2)30(20)29-17)19(31)26-13-6-9-16(22)15(10-13)21(23,24)25/h4-10,17-18,29H,3H2,1-2H3,(H,26,31)/t17-,18-/m0/s1. The minimum atomic E-state index is -4.64. The van der Waals surface area contributed by atoms with Crippen molar-refractivity contribution >= 4 is 35.0 Å². The number of fused-ring (bicyclic) bond motifs is 1. The highest BCUT2D eigenvalue weighted by Gasteiger charge is 2.38. The van der Waals surface area contributed by atoms with E-state index in [2.05, 4.69) is 20.9 Å². The first-order valence-corrected chi connectivity index (χ1v) is 11.2. The van der Waals surface area contributed by atoms with E-state index in [4.69, 9.17) is 16.3 Å². The maximum atomic E-state index is 13.2. The Morgan fingerprint density at radius 3 is 2.64 bits per heavy atom. The fraction of sp³-hybridized carbons (Fsp3) is 0.286. The molecule has 1 amide bonds. The van der Waals surface area contributed by atoms with Crippen molar-refractivity contribution in [2.24, 2.45) is 0 Å². The summed E-state index contributed by atoms with van der Waals surface area (Å²) >= 11 is 6.86. The van der Waals surface area contributed by atoms with Crippen molar-refractivity contribution in [1.29, 1.82) is 0 Å². The van der Waals surface area contributed by atoms with Crippen molar-refractivity contribution in [2.75, 3.05) is 17.3 Å². The van der Waals surface area contributed by atoms with Crippen LogP contribution in [0.1, 0.15) is 29.9 Å². The van der Waals surface area contributed by atoms with Crippen LogP contribution in [-0.4, -0.2) is 32.6 Å². The zero-order chi connectivity index (χ0) is 23.8. The number of nitrogens with one attached hydrogen (secondary N) is 2. The number of carbonyl (C=O) groups excluding carboxylic acids is 1. The Bertz CT molecular complexity index is 1170. The van der Waals surface area contributed by atoms with Gasteiger partial charge in [0.2, 0.25) is 11.1 Å². The van der Waals surface area contributed by atoms with Gasteiger partial charge in [-0.25, -0.2) is 4.68 Å². The molecular formula is C21H19ClF3N5O2S. The number of alkyl halides is 3. The van der Waals surface area contributed by atoms with Crippen molar-refractivity contribution in [2.45, 2.75) is 36.5 Å². The first-order chi connectivity index (χ1) is 15.7. The summed E-state index contributed by atoms with van der Waals surface area (Å²) in [6.07, 6.45) is -4.64. The first kappa shape index (κ1) is 23.2. The number of carbonyl (C=O) groups is 1. The molecule has 0 aliphatic carbocycles. The van der Waals surface area contributed by atoms with Gasteiger partial charge in [-0.2, -0.15) is 13.2 Å². The van der Waals surface area contributed by atoms with E-state index in [-0.39, 0.29) is 5.69 Å². The molecule has 0 bridgehead atoms. The molecule has 2 N–H and O–H groups in total. The molecule has 33 heavy (non-hydrogen) atoms. The van der Waals surface area contributed by atoms with Crippen LogP contribution in [0, 0.1) is 6.92 Å². The van der Waals surface area contributed by atoms with Crippen molar-refractivity contribution in [1.82, 2.24) is 14.9 Å². The van der Waals surface area contributed by atoms with Gasteiger partial charge in [-0.05, 0) is 49.7 Å². The first-order valence-electron chi connectivity index (χ1n) is 9.93. The Morgan fingerprint density at radius 2 is 1.97 bits per heavy atom. The molecule has 0 radical (unpaired) electrons. The van der Waals surface area contributed by atoms with Crippen molar-refractivity contribution < 1.29 is 22.7 Å². The molecule has 0 unspecified atom stereocenters. The highest BCUT2D eigenvalue weighted by molar-refractivity contribution is 8.00. The number of benzene rings is 2. The third kappa shape index (κ3) is 4.88. The molecule has 2 aromatic carbocycles. The van der Waals surface area contributed by atoms with E-state index in [1.54, 1.807) is 23.7 Å². The maximum Gasteiger partial charge on any atom is 0.417 e. The Kier molecular flexibility index (Phi) is 6.44. The van der Waals surface area contributed by atoms with Crippen molar-refractivity contribution in [3.8, 4) is 5.75 Å². The third-order valence-electron chi connectivity index (χ3n) is 4.95. The Hall–Kier alpha value is -2.92. The van der Waals surface area contributed by atoms with E-state index in [1.165, 1.54) is 17.8 Å². The molecule has 2 heterocycles. The van der Waals surface area contributed by atoms with Crippen LogP contribution in [0.4, 0.5) is 18.9 Å². The number of amides is 1. The molecule has 12 heteroatoms. The van der Waals surface area contributed by atoms with Gasteiger partial charge < -0.3 is 15.5 Å². The summed E-state index contributed by atoms with van der Waals surface area (Å²) in [6.45, 7) is 4.17. The Labute approximate surface area is 196 Å². The molecule has 0 spiro atoms. The summed E-state index contributed by atoms with van der Waals surface area (Å²) in [5.41, 5.74) is 3.00. The molecule has 174 valence electrons. The minimum absolute atomic E-state index is 0.00834. The molecule has 0 saturated heterocycles. The SMILES string of the molecule is CCOc1ccc([C@@H]2Nn3c(C)nnc3S[C@@H]2C(=O)Nc2ccc(Cl)c(C(F)(F)F)c2)cc1. The van der Waals surface area contributed by atoms with Crippen molar-refractivity contribution in [3.05, 3.63) is 64.4 Å². The van der Waals surface area contributed by atoms with E-state index in [0.717, 1.165) is 17.7 Å². The number of aryl methyl sites for hydroxylation is 1. The van der Waals surface area contributed by atoms with Gasteiger partial charge >= 0.3 is 6.18 Å². The third-order valence-corrected chi connectivity index (χ3v) is 6.49. The molecule has 3 aromatic rings. The smallest absolute Gasteiger partial charge is 0.417 e. The lowest BCUT2D eigenvalue weighted by Gasteiger charge is -2.32. The molecule has 2 atom stereocenters. The largest absolute Gasteiger partial charge is 0.494 e. The second kappa shape index (κ2) is 9.14. The monoisotopic (exact) mass is 497 g/mol. The molecular weight excluding hydrogens is 479 g/mol. The highest BCUT2D eigenvalue weighted by Crippen LogP contribution is 2.39. The number of anilines is 1. The van der Waals surface area contributed by atoms with Crippen LogP contribution in [0.2, 0.25) is 5.02 Å².